The van der Waals surface area contributed by atoms with Crippen molar-refractivity contribution in [2.45, 2.75) is 30.4 Å². The van der Waals surface area contributed by atoms with E-state index >= 15 is 0 Å². The first kappa shape index (κ1) is 13.5. The maximum absolute atomic E-state index is 12.2. The molecule has 0 bridgehead atoms. The normalized spacial score (nSPS) is 15.4. The largest absolute Gasteiger partial charge is 0.228 e. The highest BCUT2D eigenvalue weighted by atomic mass is 35.5. The van der Waals surface area contributed by atoms with Crippen molar-refractivity contribution in [3.8, 4) is 0 Å². The molecule has 6 nitrogen and oxygen atoms in total. The summed E-state index contributed by atoms with van der Waals surface area (Å²) < 4.78 is 26.0. The van der Waals surface area contributed by atoms with E-state index in [4.69, 9.17) is 11.6 Å². The van der Waals surface area contributed by atoms with Crippen LogP contribution >= 0.6 is 11.6 Å². The lowest BCUT2D eigenvalue weighted by Gasteiger charge is -2.05. The third kappa shape index (κ3) is 3.16. The SMILES string of the molecule is O=S(=O)(Cc1ccc(Cl)cc1)Cc1nnnn1C1CC1. The van der Waals surface area contributed by atoms with Gasteiger partial charge < -0.3 is 0 Å². The molecule has 0 saturated heterocycles. The van der Waals surface area contributed by atoms with Crippen LogP contribution in [0.4, 0.5) is 0 Å². The summed E-state index contributed by atoms with van der Waals surface area (Å²) in [6.45, 7) is 0. The minimum atomic E-state index is -3.31. The molecule has 0 atom stereocenters. The molecular formula is C12H13ClN4O2S. The number of rotatable bonds is 5. The summed E-state index contributed by atoms with van der Waals surface area (Å²) >= 11 is 5.78. The fourth-order valence-electron chi connectivity index (χ4n) is 1.99. The second-order valence-electron chi connectivity index (χ2n) is 4.93. The van der Waals surface area contributed by atoms with Gasteiger partial charge in [-0.25, -0.2) is 13.1 Å². The Morgan fingerprint density at radius 3 is 2.55 bits per heavy atom. The fraction of sp³-hybridized carbons (Fsp3) is 0.417. The molecule has 2 aromatic rings. The van der Waals surface area contributed by atoms with Crippen LogP contribution in [-0.2, 0) is 21.3 Å². The number of halogens is 1. The number of benzene rings is 1. The van der Waals surface area contributed by atoms with Gasteiger partial charge in [-0.15, -0.1) is 5.10 Å². The first-order chi connectivity index (χ1) is 9.53. The van der Waals surface area contributed by atoms with Crippen LogP contribution in [0.2, 0.25) is 5.02 Å². The van der Waals surface area contributed by atoms with Crippen LogP contribution < -0.4 is 0 Å². The molecule has 0 aliphatic heterocycles. The first-order valence-corrected chi connectivity index (χ1v) is 8.45. The third-order valence-electron chi connectivity index (χ3n) is 3.10. The second kappa shape index (κ2) is 5.14. The molecule has 1 aromatic heterocycles. The van der Waals surface area contributed by atoms with E-state index in [0.717, 1.165) is 12.8 Å². The van der Waals surface area contributed by atoms with Gasteiger partial charge in [-0.1, -0.05) is 23.7 Å². The summed E-state index contributed by atoms with van der Waals surface area (Å²) in [5, 5.41) is 11.8. The molecule has 106 valence electrons. The first-order valence-electron chi connectivity index (χ1n) is 6.25. The van der Waals surface area contributed by atoms with E-state index in [1.807, 2.05) is 0 Å². The molecule has 0 spiro atoms. The third-order valence-corrected chi connectivity index (χ3v) is 4.83. The Morgan fingerprint density at radius 2 is 1.90 bits per heavy atom. The maximum Gasteiger partial charge on any atom is 0.166 e. The number of tetrazole rings is 1. The molecule has 3 rings (SSSR count). The summed E-state index contributed by atoms with van der Waals surface area (Å²) in [7, 11) is -3.31. The topological polar surface area (TPSA) is 77.7 Å². The highest BCUT2D eigenvalue weighted by Gasteiger charge is 2.29. The van der Waals surface area contributed by atoms with Crippen molar-refractivity contribution in [2.24, 2.45) is 0 Å². The molecule has 1 saturated carbocycles. The van der Waals surface area contributed by atoms with Crippen LogP contribution in [0, 0.1) is 0 Å². The predicted molar refractivity (Wildman–Crippen MR) is 73.9 cm³/mol. The van der Waals surface area contributed by atoms with Gasteiger partial charge in [-0.2, -0.15) is 0 Å². The summed E-state index contributed by atoms with van der Waals surface area (Å²) in [6, 6.07) is 7.06. The molecule has 0 N–H and O–H groups in total. The molecule has 1 aliphatic rings. The highest BCUT2D eigenvalue weighted by molar-refractivity contribution is 7.89. The van der Waals surface area contributed by atoms with Gasteiger partial charge in [0.2, 0.25) is 0 Å². The average Bonchev–Trinajstić information content (AvgIpc) is 3.13. The van der Waals surface area contributed by atoms with E-state index in [9.17, 15) is 8.42 Å². The van der Waals surface area contributed by atoms with Crippen molar-refractivity contribution < 1.29 is 8.42 Å². The summed E-state index contributed by atoms with van der Waals surface area (Å²) in [6.07, 6.45) is 2.02. The monoisotopic (exact) mass is 312 g/mol. The Kier molecular flexibility index (Phi) is 3.47. The lowest BCUT2D eigenvalue weighted by atomic mass is 10.2. The Bertz CT molecular complexity index is 707. The standard InChI is InChI=1S/C12H13ClN4O2S/c13-10-3-1-9(2-4-10)7-20(18,19)8-12-14-15-16-17(12)11-5-6-11/h1-4,11H,5-8H2. The molecule has 0 unspecified atom stereocenters. The Balaban J connectivity index is 1.75. The van der Waals surface area contributed by atoms with Gasteiger partial charge in [0.25, 0.3) is 0 Å². The van der Waals surface area contributed by atoms with Crippen LogP contribution in [0.15, 0.2) is 24.3 Å². The number of sulfone groups is 1. The number of hydrogen-bond donors (Lipinski definition) is 0. The minimum absolute atomic E-state index is 0.0400. The fourth-order valence-corrected chi connectivity index (χ4v) is 3.50. The molecule has 20 heavy (non-hydrogen) atoms. The summed E-state index contributed by atoms with van der Waals surface area (Å²) in [5.41, 5.74) is 0.708. The van der Waals surface area contributed by atoms with Crippen molar-refractivity contribution in [3.05, 3.63) is 40.7 Å². The lowest BCUT2D eigenvalue weighted by molar-refractivity contribution is 0.574. The predicted octanol–water partition coefficient (Wildman–Crippen LogP) is 1.78. The highest BCUT2D eigenvalue weighted by Crippen LogP contribution is 2.34. The van der Waals surface area contributed by atoms with Crippen LogP contribution in [0.25, 0.3) is 0 Å². The van der Waals surface area contributed by atoms with Gasteiger partial charge >= 0.3 is 0 Å². The lowest BCUT2D eigenvalue weighted by Crippen LogP contribution is -2.13. The van der Waals surface area contributed by atoms with Gasteiger partial charge in [0, 0.05) is 5.02 Å². The van der Waals surface area contributed by atoms with Gasteiger partial charge in [-0.3, -0.25) is 0 Å². The van der Waals surface area contributed by atoms with E-state index < -0.39 is 9.84 Å². The van der Waals surface area contributed by atoms with Gasteiger partial charge in [0.05, 0.1) is 11.8 Å². The van der Waals surface area contributed by atoms with E-state index in [0.29, 0.717) is 16.4 Å². The van der Waals surface area contributed by atoms with Crippen LogP contribution in [0.5, 0.6) is 0 Å². The van der Waals surface area contributed by atoms with Gasteiger partial charge in [-0.05, 0) is 41.0 Å². The number of aromatic nitrogens is 4. The molecule has 8 heteroatoms. The molecule has 1 aliphatic carbocycles. The zero-order valence-corrected chi connectivity index (χ0v) is 12.2. The quantitative estimate of drug-likeness (QED) is 0.841. The molecular weight excluding hydrogens is 300 g/mol. The Labute approximate surface area is 121 Å². The van der Waals surface area contributed by atoms with E-state index in [-0.39, 0.29) is 17.5 Å². The molecule has 1 heterocycles. The van der Waals surface area contributed by atoms with Crippen molar-refractivity contribution >= 4 is 21.4 Å². The average molecular weight is 313 g/mol. The summed E-state index contributed by atoms with van der Waals surface area (Å²) in [4.78, 5) is 0. The van der Waals surface area contributed by atoms with Crippen molar-refractivity contribution in [1.82, 2.24) is 20.2 Å². The maximum atomic E-state index is 12.2. The zero-order valence-electron chi connectivity index (χ0n) is 10.6. The summed E-state index contributed by atoms with van der Waals surface area (Å²) in [5.74, 6) is 0.238. The van der Waals surface area contributed by atoms with Gasteiger partial charge in [0.15, 0.2) is 15.7 Å². The number of nitrogens with zero attached hydrogens (tertiary/aromatic N) is 4. The van der Waals surface area contributed by atoms with Crippen molar-refractivity contribution in [2.75, 3.05) is 0 Å². The molecule has 0 amide bonds. The smallest absolute Gasteiger partial charge is 0.166 e. The van der Waals surface area contributed by atoms with Crippen molar-refractivity contribution in [1.29, 1.82) is 0 Å². The Hall–Kier alpha value is -1.47. The van der Waals surface area contributed by atoms with Crippen molar-refractivity contribution in [3.63, 3.8) is 0 Å². The molecule has 1 fully saturated rings. The number of hydrogen-bond acceptors (Lipinski definition) is 5. The second-order valence-corrected chi connectivity index (χ2v) is 7.43. The Morgan fingerprint density at radius 1 is 1.20 bits per heavy atom. The molecule has 1 aromatic carbocycles. The van der Waals surface area contributed by atoms with E-state index in [2.05, 4.69) is 15.5 Å². The van der Waals surface area contributed by atoms with Crippen LogP contribution in [0.3, 0.4) is 0 Å². The van der Waals surface area contributed by atoms with Crippen LogP contribution in [-0.4, -0.2) is 28.6 Å². The van der Waals surface area contributed by atoms with Gasteiger partial charge in [0.1, 0.15) is 5.75 Å². The zero-order chi connectivity index (χ0) is 14.2. The van der Waals surface area contributed by atoms with E-state index in [1.165, 1.54) is 0 Å². The molecule has 0 radical (unpaired) electrons. The minimum Gasteiger partial charge on any atom is -0.228 e. The van der Waals surface area contributed by atoms with Crippen LogP contribution in [0.1, 0.15) is 30.3 Å². The van der Waals surface area contributed by atoms with E-state index in [1.54, 1.807) is 28.9 Å².